The first-order valence-electron chi connectivity index (χ1n) is 5.70. The number of halogens is 1. The molecule has 3 rings (SSSR count). The number of hydrogen-bond acceptors (Lipinski definition) is 2. The van der Waals surface area contributed by atoms with E-state index < -0.39 is 0 Å². The highest BCUT2D eigenvalue weighted by molar-refractivity contribution is 5.42. The summed E-state index contributed by atoms with van der Waals surface area (Å²) in [6, 6.07) is 9.58. The summed E-state index contributed by atoms with van der Waals surface area (Å²) in [7, 11) is 0. The molecule has 2 atom stereocenters. The van der Waals surface area contributed by atoms with E-state index in [4.69, 9.17) is 5.73 Å². The van der Waals surface area contributed by atoms with Crippen molar-refractivity contribution in [3.63, 3.8) is 0 Å². The van der Waals surface area contributed by atoms with Crippen molar-refractivity contribution in [2.75, 3.05) is 0 Å². The third-order valence-corrected chi connectivity index (χ3v) is 3.49. The van der Waals surface area contributed by atoms with Gasteiger partial charge in [0.25, 0.3) is 0 Å². The minimum absolute atomic E-state index is 0.225. The average molecular weight is 228 g/mol. The highest BCUT2D eigenvalue weighted by Crippen LogP contribution is 2.42. The lowest BCUT2D eigenvalue weighted by Crippen LogP contribution is -2.29. The van der Waals surface area contributed by atoms with E-state index in [0.29, 0.717) is 5.56 Å². The molecule has 0 amide bonds. The van der Waals surface area contributed by atoms with Crippen LogP contribution in [0.15, 0.2) is 42.7 Å². The number of hydrogen-bond donors (Lipinski definition) is 1. The Kier molecular flexibility index (Phi) is 2.41. The summed E-state index contributed by atoms with van der Waals surface area (Å²) in [6.45, 7) is 0. The van der Waals surface area contributed by atoms with Crippen molar-refractivity contribution in [2.45, 2.75) is 18.4 Å². The molecule has 3 heteroatoms. The molecule has 0 saturated heterocycles. The summed E-state index contributed by atoms with van der Waals surface area (Å²) in [5.41, 5.74) is 9.27. The van der Waals surface area contributed by atoms with E-state index in [2.05, 4.69) is 17.1 Å². The Morgan fingerprint density at radius 2 is 2.12 bits per heavy atom. The third kappa shape index (κ3) is 1.63. The molecule has 2 aromatic rings. The molecular formula is C14H13FN2. The number of benzene rings is 1. The number of rotatable bonds is 2. The van der Waals surface area contributed by atoms with E-state index in [-0.39, 0.29) is 17.8 Å². The number of fused-ring (bicyclic) bond motifs is 1. The van der Waals surface area contributed by atoms with Gasteiger partial charge in [-0.05, 0) is 23.6 Å². The van der Waals surface area contributed by atoms with Crippen LogP contribution in [-0.4, -0.2) is 4.98 Å². The highest BCUT2D eigenvalue weighted by Gasteiger charge is 2.32. The number of pyridine rings is 1. The van der Waals surface area contributed by atoms with Crippen LogP contribution in [0.2, 0.25) is 0 Å². The van der Waals surface area contributed by atoms with E-state index in [1.165, 1.54) is 17.3 Å². The maximum Gasteiger partial charge on any atom is 0.146 e. The van der Waals surface area contributed by atoms with Gasteiger partial charge < -0.3 is 5.73 Å². The van der Waals surface area contributed by atoms with Gasteiger partial charge in [0.05, 0.1) is 6.20 Å². The lowest BCUT2D eigenvalue weighted by molar-refractivity contribution is 0.475. The van der Waals surface area contributed by atoms with Gasteiger partial charge in [0.2, 0.25) is 0 Å². The van der Waals surface area contributed by atoms with Crippen molar-refractivity contribution in [1.82, 2.24) is 4.98 Å². The molecule has 1 aliphatic carbocycles. The van der Waals surface area contributed by atoms with Crippen LogP contribution >= 0.6 is 0 Å². The third-order valence-electron chi connectivity index (χ3n) is 3.49. The van der Waals surface area contributed by atoms with Crippen LogP contribution in [0.1, 0.15) is 28.7 Å². The summed E-state index contributed by atoms with van der Waals surface area (Å²) in [4.78, 5) is 3.74. The molecule has 1 heterocycles. The molecule has 0 bridgehead atoms. The standard InChI is InChI=1S/C14H13FN2/c15-13-8-17-6-5-11(13)14(16)12-7-9-3-1-2-4-10(9)12/h1-6,8,12,14H,7,16H2. The van der Waals surface area contributed by atoms with Crippen molar-refractivity contribution < 1.29 is 4.39 Å². The van der Waals surface area contributed by atoms with Crippen LogP contribution in [0.4, 0.5) is 4.39 Å². The quantitative estimate of drug-likeness (QED) is 0.858. The van der Waals surface area contributed by atoms with E-state index in [1.54, 1.807) is 12.3 Å². The zero-order chi connectivity index (χ0) is 11.8. The van der Waals surface area contributed by atoms with Crippen LogP contribution in [0.3, 0.4) is 0 Å². The van der Waals surface area contributed by atoms with Gasteiger partial charge in [0.15, 0.2) is 0 Å². The van der Waals surface area contributed by atoms with E-state index in [1.807, 2.05) is 12.1 Å². The van der Waals surface area contributed by atoms with Crippen LogP contribution in [0.5, 0.6) is 0 Å². The predicted octanol–water partition coefficient (Wildman–Crippen LogP) is 2.56. The fourth-order valence-corrected chi connectivity index (χ4v) is 2.49. The minimum Gasteiger partial charge on any atom is -0.323 e. The normalized spacial score (nSPS) is 19.3. The zero-order valence-corrected chi connectivity index (χ0v) is 9.31. The van der Waals surface area contributed by atoms with Gasteiger partial charge in [-0.25, -0.2) is 4.39 Å². The minimum atomic E-state index is -0.315. The molecular weight excluding hydrogens is 215 g/mol. The molecule has 2 N–H and O–H groups in total. The Bertz CT molecular complexity index is 553. The molecule has 1 aliphatic rings. The van der Waals surface area contributed by atoms with Gasteiger partial charge >= 0.3 is 0 Å². The summed E-state index contributed by atoms with van der Waals surface area (Å²) in [5.74, 6) is -0.0903. The van der Waals surface area contributed by atoms with Crippen LogP contribution < -0.4 is 5.73 Å². The Balaban J connectivity index is 1.91. The molecule has 0 aliphatic heterocycles. The zero-order valence-electron chi connectivity index (χ0n) is 9.31. The Morgan fingerprint density at radius 3 is 2.88 bits per heavy atom. The van der Waals surface area contributed by atoms with Crippen LogP contribution in [-0.2, 0) is 6.42 Å². The molecule has 1 aromatic carbocycles. The smallest absolute Gasteiger partial charge is 0.146 e. The van der Waals surface area contributed by atoms with Crippen LogP contribution in [0.25, 0.3) is 0 Å². The maximum absolute atomic E-state index is 13.6. The molecule has 0 fully saturated rings. The molecule has 2 nitrogen and oxygen atoms in total. The summed E-state index contributed by atoms with van der Waals surface area (Å²) in [6.07, 6.45) is 3.74. The van der Waals surface area contributed by atoms with Gasteiger partial charge in [-0.15, -0.1) is 0 Å². The summed E-state index contributed by atoms with van der Waals surface area (Å²) < 4.78 is 13.6. The molecule has 17 heavy (non-hydrogen) atoms. The summed E-state index contributed by atoms with van der Waals surface area (Å²) >= 11 is 0. The second-order valence-corrected chi connectivity index (χ2v) is 4.43. The first-order chi connectivity index (χ1) is 8.27. The molecule has 86 valence electrons. The average Bonchev–Trinajstić information content (AvgIpc) is 2.31. The van der Waals surface area contributed by atoms with E-state index in [0.717, 1.165) is 6.42 Å². The van der Waals surface area contributed by atoms with Gasteiger partial charge in [0.1, 0.15) is 5.82 Å². The SMILES string of the molecule is NC(c1ccncc1F)C1Cc2ccccc21. The monoisotopic (exact) mass is 228 g/mol. The predicted molar refractivity (Wildman–Crippen MR) is 64.0 cm³/mol. The van der Waals surface area contributed by atoms with E-state index >= 15 is 0 Å². The van der Waals surface area contributed by atoms with Gasteiger partial charge in [0, 0.05) is 23.7 Å². The molecule has 1 aromatic heterocycles. The lowest BCUT2D eigenvalue weighted by atomic mass is 9.72. The lowest BCUT2D eigenvalue weighted by Gasteiger charge is -2.34. The largest absolute Gasteiger partial charge is 0.323 e. The first-order valence-corrected chi connectivity index (χ1v) is 5.70. The maximum atomic E-state index is 13.6. The van der Waals surface area contributed by atoms with Gasteiger partial charge in [-0.2, -0.15) is 0 Å². The molecule has 2 unspecified atom stereocenters. The van der Waals surface area contributed by atoms with Crippen molar-refractivity contribution in [1.29, 1.82) is 0 Å². The molecule has 0 spiro atoms. The van der Waals surface area contributed by atoms with Gasteiger partial charge in [-0.1, -0.05) is 24.3 Å². The number of nitrogens with zero attached hydrogens (tertiary/aromatic N) is 1. The summed E-state index contributed by atoms with van der Waals surface area (Å²) in [5, 5.41) is 0. The van der Waals surface area contributed by atoms with Gasteiger partial charge in [-0.3, -0.25) is 4.98 Å². The second kappa shape index (κ2) is 3.93. The van der Waals surface area contributed by atoms with Crippen molar-refractivity contribution in [3.8, 4) is 0 Å². The van der Waals surface area contributed by atoms with E-state index in [9.17, 15) is 4.39 Å². The Morgan fingerprint density at radius 1 is 1.29 bits per heavy atom. The fraction of sp³-hybridized carbons (Fsp3) is 0.214. The number of nitrogens with two attached hydrogens (primary N) is 1. The van der Waals surface area contributed by atoms with Crippen LogP contribution in [0, 0.1) is 5.82 Å². The Labute approximate surface area is 99.3 Å². The highest BCUT2D eigenvalue weighted by atomic mass is 19.1. The Hall–Kier alpha value is -1.74. The van der Waals surface area contributed by atoms with Crippen molar-refractivity contribution in [2.24, 2.45) is 5.73 Å². The molecule has 0 saturated carbocycles. The topological polar surface area (TPSA) is 38.9 Å². The fourth-order valence-electron chi connectivity index (χ4n) is 2.49. The molecule has 0 radical (unpaired) electrons. The second-order valence-electron chi connectivity index (χ2n) is 4.43. The first kappa shape index (κ1) is 10.4. The van der Waals surface area contributed by atoms with Crippen molar-refractivity contribution >= 4 is 0 Å². The van der Waals surface area contributed by atoms with Crippen molar-refractivity contribution in [3.05, 3.63) is 65.2 Å². The number of aromatic nitrogens is 1.